The second-order valence-corrected chi connectivity index (χ2v) is 7.55. The van der Waals surface area contributed by atoms with Gasteiger partial charge < -0.3 is 0 Å². The highest BCUT2D eigenvalue weighted by Crippen LogP contribution is 2.39. The average molecular weight is 467 g/mol. The van der Waals surface area contributed by atoms with Gasteiger partial charge in [-0.15, -0.1) is 0 Å². The number of benzene rings is 2. The van der Waals surface area contributed by atoms with E-state index in [-0.39, 0.29) is 4.83 Å². The lowest BCUT2D eigenvalue weighted by Gasteiger charge is -2.17. The SMILES string of the molecule is Cc1cc(C(Br)c2cc(Cl)ccc2Br)c(C)cc1Br. The summed E-state index contributed by atoms with van der Waals surface area (Å²) in [6, 6.07) is 10.2. The minimum Gasteiger partial charge on any atom is -0.0843 e. The van der Waals surface area contributed by atoms with Crippen LogP contribution in [0.3, 0.4) is 0 Å². The van der Waals surface area contributed by atoms with Crippen molar-refractivity contribution in [2.75, 3.05) is 0 Å². The summed E-state index contributed by atoms with van der Waals surface area (Å²) in [5, 5.41) is 0.745. The van der Waals surface area contributed by atoms with Crippen molar-refractivity contribution < 1.29 is 0 Å². The van der Waals surface area contributed by atoms with Gasteiger partial charge in [-0.05, 0) is 60.4 Å². The Balaban J connectivity index is 2.52. The van der Waals surface area contributed by atoms with Gasteiger partial charge in [-0.3, -0.25) is 0 Å². The number of hydrogen-bond acceptors (Lipinski definition) is 0. The van der Waals surface area contributed by atoms with Crippen molar-refractivity contribution in [3.8, 4) is 0 Å². The second kappa shape index (κ2) is 6.30. The molecule has 0 aliphatic heterocycles. The summed E-state index contributed by atoms with van der Waals surface area (Å²) in [7, 11) is 0. The quantitative estimate of drug-likeness (QED) is 0.419. The fourth-order valence-corrected chi connectivity index (χ4v) is 4.25. The van der Waals surface area contributed by atoms with Crippen molar-refractivity contribution in [3.63, 3.8) is 0 Å². The van der Waals surface area contributed by atoms with Crippen LogP contribution in [-0.4, -0.2) is 0 Å². The van der Waals surface area contributed by atoms with E-state index in [1.165, 1.54) is 16.7 Å². The fraction of sp³-hybridized carbons (Fsp3) is 0.200. The Bertz CT molecular complexity index is 623. The smallest absolute Gasteiger partial charge is 0.0658 e. The summed E-state index contributed by atoms with van der Waals surface area (Å²) < 4.78 is 2.19. The predicted octanol–water partition coefficient (Wildman–Crippen LogP) is 6.97. The molecular weight excluding hydrogens is 455 g/mol. The predicted molar refractivity (Wildman–Crippen MR) is 93.5 cm³/mol. The zero-order chi connectivity index (χ0) is 14.2. The van der Waals surface area contributed by atoms with E-state index in [9.17, 15) is 0 Å². The van der Waals surface area contributed by atoms with Crippen molar-refractivity contribution in [3.05, 3.63) is 66.6 Å². The van der Waals surface area contributed by atoms with Crippen LogP contribution in [0.1, 0.15) is 27.1 Å². The van der Waals surface area contributed by atoms with Crippen LogP contribution in [0, 0.1) is 13.8 Å². The van der Waals surface area contributed by atoms with Gasteiger partial charge in [0.1, 0.15) is 0 Å². The molecule has 0 aliphatic rings. The van der Waals surface area contributed by atoms with E-state index < -0.39 is 0 Å². The fourth-order valence-electron chi connectivity index (χ4n) is 1.95. The molecule has 0 radical (unpaired) electrons. The molecule has 1 unspecified atom stereocenters. The maximum absolute atomic E-state index is 6.10. The number of alkyl halides is 1. The molecule has 0 bridgehead atoms. The van der Waals surface area contributed by atoms with Gasteiger partial charge in [-0.2, -0.15) is 0 Å². The molecule has 0 fully saturated rings. The lowest BCUT2D eigenvalue weighted by molar-refractivity contribution is 1.12. The minimum atomic E-state index is 0.118. The number of hydrogen-bond donors (Lipinski definition) is 0. The summed E-state index contributed by atoms with van der Waals surface area (Å²) in [4.78, 5) is 0.118. The van der Waals surface area contributed by atoms with Gasteiger partial charge in [0.2, 0.25) is 0 Å². The van der Waals surface area contributed by atoms with Gasteiger partial charge in [0.05, 0.1) is 4.83 Å². The Morgan fingerprint density at radius 2 is 1.58 bits per heavy atom. The van der Waals surface area contributed by atoms with Crippen molar-refractivity contribution in [1.82, 2.24) is 0 Å². The third kappa shape index (κ3) is 3.44. The van der Waals surface area contributed by atoms with Gasteiger partial charge in [0.25, 0.3) is 0 Å². The largest absolute Gasteiger partial charge is 0.0843 e. The molecule has 2 rings (SSSR count). The molecule has 0 spiro atoms. The molecule has 0 amide bonds. The zero-order valence-electron chi connectivity index (χ0n) is 10.5. The van der Waals surface area contributed by atoms with Crippen molar-refractivity contribution in [2.24, 2.45) is 0 Å². The summed E-state index contributed by atoms with van der Waals surface area (Å²) in [5.74, 6) is 0. The highest BCUT2D eigenvalue weighted by atomic mass is 79.9. The van der Waals surface area contributed by atoms with E-state index >= 15 is 0 Å². The van der Waals surface area contributed by atoms with Crippen LogP contribution in [0.25, 0.3) is 0 Å². The van der Waals surface area contributed by atoms with Crippen LogP contribution < -0.4 is 0 Å². The number of rotatable bonds is 2. The molecule has 0 N–H and O–H groups in total. The first-order valence-corrected chi connectivity index (χ1v) is 8.63. The zero-order valence-corrected chi connectivity index (χ0v) is 16.0. The third-order valence-corrected chi connectivity index (χ3v) is 5.85. The number of aryl methyl sites for hydroxylation is 2. The Morgan fingerprint density at radius 3 is 2.26 bits per heavy atom. The van der Waals surface area contributed by atoms with Crippen molar-refractivity contribution in [1.29, 1.82) is 0 Å². The standard InChI is InChI=1S/C15H12Br3Cl/c1-8-6-14(17)9(2)5-11(8)15(18)12-7-10(19)3-4-13(12)16/h3-7,15H,1-2H3. The van der Waals surface area contributed by atoms with Crippen molar-refractivity contribution in [2.45, 2.75) is 18.7 Å². The molecule has 0 aromatic heterocycles. The van der Waals surface area contributed by atoms with E-state index in [0.29, 0.717) is 0 Å². The van der Waals surface area contributed by atoms with E-state index in [4.69, 9.17) is 11.6 Å². The van der Waals surface area contributed by atoms with Crippen LogP contribution in [-0.2, 0) is 0 Å². The van der Waals surface area contributed by atoms with Crippen molar-refractivity contribution >= 4 is 59.4 Å². The maximum Gasteiger partial charge on any atom is 0.0658 e. The molecule has 0 saturated heterocycles. The van der Waals surface area contributed by atoms with Gasteiger partial charge in [0.15, 0.2) is 0 Å². The highest BCUT2D eigenvalue weighted by molar-refractivity contribution is 9.11. The van der Waals surface area contributed by atoms with Crippen LogP contribution in [0.5, 0.6) is 0 Å². The molecule has 2 aromatic rings. The molecule has 100 valence electrons. The molecule has 2 aromatic carbocycles. The average Bonchev–Trinajstić information content (AvgIpc) is 2.36. The molecule has 19 heavy (non-hydrogen) atoms. The van der Waals surface area contributed by atoms with Crippen LogP contribution in [0.2, 0.25) is 5.02 Å². The Labute approximate surface area is 143 Å². The topological polar surface area (TPSA) is 0 Å². The first-order valence-electron chi connectivity index (χ1n) is 5.76. The van der Waals surface area contributed by atoms with E-state index in [1.54, 1.807) is 0 Å². The Hall–Kier alpha value is 0.170. The third-order valence-electron chi connectivity index (χ3n) is 3.05. The number of halogens is 4. The summed E-state index contributed by atoms with van der Waals surface area (Å²) in [6.45, 7) is 4.21. The lowest BCUT2D eigenvalue weighted by atomic mass is 9.98. The van der Waals surface area contributed by atoms with Gasteiger partial charge in [0, 0.05) is 14.0 Å². The van der Waals surface area contributed by atoms with Crippen LogP contribution in [0.4, 0.5) is 0 Å². The van der Waals surface area contributed by atoms with Crippen LogP contribution >= 0.6 is 59.4 Å². The first-order chi connectivity index (χ1) is 8.90. The molecule has 4 heteroatoms. The Kier molecular flexibility index (Phi) is 5.15. The molecule has 1 atom stereocenters. The second-order valence-electron chi connectivity index (χ2n) is 4.49. The first kappa shape index (κ1) is 15.6. The van der Waals surface area contributed by atoms with E-state index in [2.05, 4.69) is 73.8 Å². The molecular formula is C15H12Br3Cl. The van der Waals surface area contributed by atoms with Crippen LogP contribution in [0.15, 0.2) is 39.3 Å². The molecule has 0 heterocycles. The van der Waals surface area contributed by atoms with E-state index in [0.717, 1.165) is 19.5 Å². The summed E-state index contributed by atoms with van der Waals surface area (Å²) >= 11 is 17.0. The maximum atomic E-state index is 6.10. The molecule has 0 aliphatic carbocycles. The minimum absolute atomic E-state index is 0.118. The summed E-state index contributed by atoms with van der Waals surface area (Å²) in [5.41, 5.74) is 4.86. The molecule has 0 saturated carbocycles. The van der Waals surface area contributed by atoms with E-state index in [1.807, 2.05) is 18.2 Å². The monoisotopic (exact) mass is 464 g/mol. The van der Waals surface area contributed by atoms with Gasteiger partial charge >= 0.3 is 0 Å². The molecule has 0 nitrogen and oxygen atoms in total. The lowest BCUT2D eigenvalue weighted by Crippen LogP contribution is -1.98. The highest BCUT2D eigenvalue weighted by Gasteiger charge is 2.17. The van der Waals surface area contributed by atoms with Gasteiger partial charge in [-0.1, -0.05) is 65.5 Å². The normalized spacial score (nSPS) is 12.5. The Morgan fingerprint density at radius 1 is 0.895 bits per heavy atom. The van der Waals surface area contributed by atoms with Gasteiger partial charge in [-0.25, -0.2) is 0 Å². The summed E-state index contributed by atoms with van der Waals surface area (Å²) in [6.07, 6.45) is 0.